The number of anilines is 2. The number of rotatable bonds is 6. The van der Waals surface area contributed by atoms with Gasteiger partial charge in [-0.2, -0.15) is 13.2 Å². The molecule has 2 N–H and O–H groups in total. The minimum absolute atomic E-state index is 0.0634. The zero-order valence-corrected chi connectivity index (χ0v) is 21.1. The second-order valence-corrected chi connectivity index (χ2v) is 9.04. The molecule has 0 unspecified atom stereocenters. The largest absolute Gasteiger partial charge is 0.496 e. The van der Waals surface area contributed by atoms with Crippen LogP contribution in [-0.2, 0) is 16.1 Å². The Morgan fingerprint density at radius 1 is 1.18 bits per heavy atom. The number of likely N-dealkylation sites (tertiary alicyclic amines) is 1. The summed E-state index contributed by atoms with van der Waals surface area (Å²) in [5, 5.41) is 11.1. The lowest BCUT2D eigenvalue weighted by atomic mass is 10.1. The molecule has 1 atom stereocenters. The van der Waals surface area contributed by atoms with Gasteiger partial charge >= 0.3 is 6.18 Å². The summed E-state index contributed by atoms with van der Waals surface area (Å²) in [5.74, 6) is 1.22. The standard InChI is InChI=1S/C25H29F3N6O4/c1-30-23-22-21(31-20(32-23)14-38-24(29)34-7-3-4-19(34)25(26,27)28)17(13-37-22)16-6-5-15(12-18(16)35-2)33-8-10-36-11-9-33/h5-6,12-13,19,29H,3-4,7-11,14H2,1-2H3,(H,30,31,32)/t19-/m1/s1. The predicted octanol–water partition coefficient (Wildman–Crippen LogP) is 4.25. The van der Waals surface area contributed by atoms with Gasteiger partial charge in [-0.05, 0) is 25.0 Å². The number of nitrogens with one attached hydrogen (secondary N) is 2. The quantitative estimate of drug-likeness (QED) is 0.354. The van der Waals surface area contributed by atoms with Crippen LogP contribution in [0.3, 0.4) is 0 Å². The molecule has 204 valence electrons. The van der Waals surface area contributed by atoms with Crippen molar-refractivity contribution in [2.24, 2.45) is 0 Å². The lowest BCUT2D eigenvalue weighted by molar-refractivity contribution is -0.169. The molecule has 2 fully saturated rings. The van der Waals surface area contributed by atoms with Gasteiger partial charge in [-0.1, -0.05) is 0 Å². The number of amidine groups is 1. The molecule has 3 aromatic rings. The third kappa shape index (κ3) is 5.02. The number of halogens is 3. The molecule has 5 rings (SSSR count). The first-order valence-electron chi connectivity index (χ1n) is 12.3. The summed E-state index contributed by atoms with van der Waals surface area (Å²) in [6.07, 6.45) is -2.58. The van der Waals surface area contributed by atoms with Crippen LogP contribution in [0.15, 0.2) is 28.9 Å². The number of hydrogen-bond acceptors (Lipinski definition) is 9. The van der Waals surface area contributed by atoms with Gasteiger partial charge in [-0.3, -0.25) is 5.41 Å². The highest BCUT2D eigenvalue weighted by Crippen LogP contribution is 2.39. The van der Waals surface area contributed by atoms with Crippen molar-refractivity contribution in [3.8, 4) is 16.9 Å². The molecular formula is C25H29F3N6O4. The van der Waals surface area contributed by atoms with Gasteiger partial charge in [0, 0.05) is 44.0 Å². The van der Waals surface area contributed by atoms with E-state index in [4.69, 9.17) is 24.0 Å². The van der Waals surface area contributed by atoms with E-state index in [1.807, 2.05) is 18.2 Å². The average Bonchev–Trinajstić information content (AvgIpc) is 3.59. The third-order valence-electron chi connectivity index (χ3n) is 6.78. The number of fused-ring (bicyclic) bond motifs is 1. The van der Waals surface area contributed by atoms with Crippen molar-refractivity contribution in [2.75, 3.05) is 57.2 Å². The fourth-order valence-electron chi connectivity index (χ4n) is 4.88. The molecule has 2 aliphatic heterocycles. The monoisotopic (exact) mass is 534 g/mol. The summed E-state index contributed by atoms with van der Waals surface area (Å²) in [6.45, 7) is 2.73. The summed E-state index contributed by atoms with van der Waals surface area (Å²) in [4.78, 5) is 12.1. The molecule has 0 bridgehead atoms. The van der Waals surface area contributed by atoms with Gasteiger partial charge in [-0.25, -0.2) is 9.97 Å². The lowest BCUT2D eigenvalue weighted by Gasteiger charge is -2.29. The second kappa shape index (κ2) is 10.6. The molecule has 0 aliphatic carbocycles. The van der Waals surface area contributed by atoms with Crippen molar-refractivity contribution in [3.63, 3.8) is 0 Å². The topological polar surface area (TPSA) is 109 Å². The number of nitrogens with zero attached hydrogens (tertiary/aromatic N) is 4. The Kier molecular flexibility index (Phi) is 7.19. The highest BCUT2D eigenvalue weighted by molar-refractivity contribution is 5.97. The molecule has 4 heterocycles. The number of alkyl halides is 3. The van der Waals surface area contributed by atoms with E-state index in [1.54, 1.807) is 20.4 Å². The molecule has 2 saturated heterocycles. The van der Waals surface area contributed by atoms with Crippen LogP contribution >= 0.6 is 0 Å². The Balaban J connectivity index is 1.42. The smallest absolute Gasteiger partial charge is 0.408 e. The molecule has 0 radical (unpaired) electrons. The molecule has 2 aliphatic rings. The van der Waals surface area contributed by atoms with E-state index in [9.17, 15) is 13.2 Å². The number of methoxy groups -OCH3 is 1. The number of furan rings is 1. The Labute approximate surface area is 217 Å². The average molecular weight is 535 g/mol. The molecule has 10 nitrogen and oxygen atoms in total. The summed E-state index contributed by atoms with van der Waals surface area (Å²) < 4.78 is 62.3. The maximum absolute atomic E-state index is 13.3. The van der Waals surface area contributed by atoms with E-state index in [2.05, 4.69) is 20.2 Å². The van der Waals surface area contributed by atoms with E-state index in [0.29, 0.717) is 47.9 Å². The van der Waals surface area contributed by atoms with Gasteiger partial charge in [0.2, 0.25) is 0 Å². The predicted molar refractivity (Wildman–Crippen MR) is 135 cm³/mol. The summed E-state index contributed by atoms with van der Waals surface area (Å²) in [7, 11) is 3.27. The van der Waals surface area contributed by atoms with Crippen LogP contribution in [0.4, 0.5) is 24.7 Å². The number of benzene rings is 1. The van der Waals surface area contributed by atoms with E-state index >= 15 is 0 Å². The number of ether oxygens (including phenoxy) is 3. The normalized spacial score (nSPS) is 18.2. The molecular weight excluding hydrogens is 505 g/mol. The van der Waals surface area contributed by atoms with Crippen molar-refractivity contribution < 1.29 is 31.8 Å². The number of hydrogen-bond donors (Lipinski definition) is 2. The molecule has 2 aromatic heterocycles. The number of morpholine rings is 1. The van der Waals surface area contributed by atoms with E-state index < -0.39 is 18.2 Å². The van der Waals surface area contributed by atoms with Crippen molar-refractivity contribution in [3.05, 3.63) is 30.3 Å². The molecule has 1 aromatic carbocycles. The van der Waals surface area contributed by atoms with Gasteiger partial charge in [-0.15, -0.1) is 0 Å². The van der Waals surface area contributed by atoms with Crippen LogP contribution in [0.25, 0.3) is 22.2 Å². The lowest BCUT2D eigenvalue weighted by Crippen LogP contribution is -2.45. The molecule has 0 spiro atoms. The Morgan fingerprint density at radius 3 is 2.68 bits per heavy atom. The Bertz CT molecular complexity index is 1310. The summed E-state index contributed by atoms with van der Waals surface area (Å²) in [5.41, 5.74) is 3.34. The van der Waals surface area contributed by atoms with E-state index in [1.165, 1.54) is 0 Å². The van der Waals surface area contributed by atoms with Crippen LogP contribution in [0.5, 0.6) is 5.75 Å². The SMILES string of the molecule is CNc1nc(COC(=N)N2CCC[C@@H]2C(F)(F)F)nc2c(-c3ccc(N4CCOCC4)cc3OC)coc12. The first kappa shape index (κ1) is 25.9. The van der Waals surface area contributed by atoms with Crippen molar-refractivity contribution >= 4 is 28.6 Å². The molecule has 0 saturated carbocycles. The minimum Gasteiger partial charge on any atom is -0.496 e. The number of aromatic nitrogens is 2. The van der Waals surface area contributed by atoms with Crippen molar-refractivity contribution in [1.29, 1.82) is 5.41 Å². The minimum atomic E-state index is -4.43. The Morgan fingerprint density at radius 2 is 1.97 bits per heavy atom. The van der Waals surface area contributed by atoms with Crippen molar-refractivity contribution in [2.45, 2.75) is 31.7 Å². The van der Waals surface area contributed by atoms with Gasteiger partial charge in [0.1, 0.15) is 23.6 Å². The van der Waals surface area contributed by atoms with Gasteiger partial charge in [0.25, 0.3) is 6.02 Å². The zero-order valence-electron chi connectivity index (χ0n) is 21.1. The second-order valence-electron chi connectivity index (χ2n) is 9.04. The van der Waals surface area contributed by atoms with Gasteiger partial charge < -0.3 is 33.7 Å². The fraction of sp³-hybridized carbons (Fsp3) is 0.480. The van der Waals surface area contributed by atoms with E-state index in [-0.39, 0.29) is 25.4 Å². The van der Waals surface area contributed by atoms with Crippen molar-refractivity contribution in [1.82, 2.24) is 14.9 Å². The van der Waals surface area contributed by atoms with Crippen LogP contribution in [-0.4, -0.2) is 80.1 Å². The maximum Gasteiger partial charge on any atom is 0.408 e. The fourth-order valence-corrected chi connectivity index (χ4v) is 4.88. The summed E-state index contributed by atoms with van der Waals surface area (Å²) >= 11 is 0. The first-order valence-corrected chi connectivity index (χ1v) is 12.3. The maximum atomic E-state index is 13.3. The zero-order chi connectivity index (χ0) is 26.9. The van der Waals surface area contributed by atoms with Crippen LogP contribution in [0, 0.1) is 5.41 Å². The molecule has 13 heteroatoms. The third-order valence-corrected chi connectivity index (χ3v) is 6.78. The van der Waals surface area contributed by atoms with Crippen LogP contribution in [0.2, 0.25) is 0 Å². The van der Waals surface area contributed by atoms with Gasteiger partial charge in [0.05, 0.1) is 25.9 Å². The first-order chi connectivity index (χ1) is 18.3. The van der Waals surface area contributed by atoms with Crippen LogP contribution < -0.4 is 15.0 Å². The Hall–Kier alpha value is -3.74. The van der Waals surface area contributed by atoms with Gasteiger partial charge in [0.15, 0.2) is 23.8 Å². The summed E-state index contributed by atoms with van der Waals surface area (Å²) in [6, 6.07) is 3.62. The molecule has 0 amide bonds. The van der Waals surface area contributed by atoms with Crippen LogP contribution in [0.1, 0.15) is 18.7 Å². The molecule has 38 heavy (non-hydrogen) atoms. The highest BCUT2D eigenvalue weighted by atomic mass is 19.4. The highest BCUT2D eigenvalue weighted by Gasteiger charge is 2.47. The van der Waals surface area contributed by atoms with E-state index in [0.717, 1.165) is 29.2 Å².